The molecule has 0 saturated carbocycles. The number of ether oxygens (including phenoxy) is 1. The monoisotopic (exact) mass is 353 g/mol. The Labute approximate surface area is 151 Å². The van der Waals surface area contributed by atoms with Crippen molar-refractivity contribution in [1.29, 1.82) is 5.26 Å². The molecule has 0 aliphatic carbocycles. The molecule has 0 saturated heterocycles. The second-order valence-corrected chi connectivity index (χ2v) is 6.21. The van der Waals surface area contributed by atoms with Gasteiger partial charge in [-0.05, 0) is 17.7 Å². The lowest BCUT2D eigenvalue weighted by atomic mass is 9.83. The largest absolute Gasteiger partial charge is 0.761 e. The molecule has 0 spiro atoms. The van der Waals surface area contributed by atoms with Crippen molar-refractivity contribution < 1.29 is 9.30 Å². The number of aromatic nitrogens is 1. The van der Waals surface area contributed by atoms with E-state index in [4.69, 9.17) is 29.6 Å². The third-order valence-corrected chi connectivity index (χ3v) is 4.70. The van der Waals surface area contributed by atoms with Crippen LogP contribution in [0.15, 0.2) is 65.5 Å². The average Bonchev–Trinajstić information content (AvgIpc) is 2.62. The molecule has 2 atom stereocenters. The van der Waals surface area contributed by atoms with Crippen molar-refractivity contribution in [2.75, 3.05) is 7.11 Å². The minimum Gasteiger partial charge on any atom is -0.761 e. The molecule has 1 aromatic carbocycles. The second-order valence-electron chi connectivity index (χ2n) is 5.36. The number of hydrogen-bond acceptors (Lipinski definition) is 4. The van der Waals surface area contributed by atoms with E-state index in [1.807, 2.05) is 59.4 Å². The minimum atomic E-state index is -0.241. The van der Waals surface area contributed by atoms with Gasteiger partial charge in [0.05, 0.1) is 19.1 Å². The number of nitrogens with one attached hydrogen (secondary N) is 1. The van der Waals surface area contributed by atoms with E-state index in [2.05, 4.69) is 11.4 Å². The fourth-order valence-corrected chi connectivity index (χ4v) is 3.60. The number of nitriles is 1. The molecule has 24 heavy (non-hydrogen) atoms. The van der Waals surface area contributed by atoms with Gasteiger partial charge in [0.1, 0.15) is 10.7 Å². The first-order valence-electron chi connectivity index (χ1n) is 7.37. The molecule has 6 heteroatoms. The first kappa shape index (κ1) is 16.4. The van der Waals surface area contributed by atoms with Crippen LogP contribution >= 0.6 is 12.2 Å². The maximum atomic E-state index is 9.65. The lowest BCUT2D eigenvalue weighted by molar-refractivity contribution is -0.708. The van der Waals surface area contributed by atoms with E-state index in [0.717, 1.165) is 11.3 Å². The molecule has 2 aromatic rings. The van der Waals surface area contributed by atoms with Crippen LogP contribution in [0.3, 0.4) is 0 Å². The third kappa shape index (κ3) is 2.96. The Morgan fingerprint density at radius 1 is 1.21 bits per heavy atom. The highest BCUT2D eigenvalue weighted by atomic mass is 32.1. The van der Waals surface area contributed by atoms with E-state index < -0.39 is 0 Å². The van der Waals surface area contributed by atoms with Crippen LogP contribution in [0.2, 0.25) is 0 Å². The molecule has 1 aliphatic heterocycles. The van der Waals surface area contributed by atoms with Crippen molar-refractivity contribution in [3.8, 4) is 11.8 Å². The van der Waals surface area contributed by atoms with Crippen molar-refractivity contribution in [3.05, 3.63) is 71.0 Å². The number of benzene rings is 1. The van der Waals surface area contributed by atoms with Crippen molar-refractivity contribution in [2.45, 2.75) is 12.0 Å². The minimum absolute atomic E-state index is 0.212. The Balaban J connectivity index is 2.15. The van der Waals surface area contributed by atoms with Crippen LogP contribution in [0, 0.1) is 11.3 Å². The van der Waals surface area contributed by atoms with Gasteiger partial charge in [0.15, 0.2) is 12.4 Å². The summed E-state index contributed by atoms with van der Waals surface area (Å²) in [6.07, 6.45) is 3.89. The quantitative estimate of drug-likeness (QED) is 0.522. The molecule has 4 nitrogen and oxygen atoms in total. The Morgan fingerprint density at radius 2 is 1.88 bits per heavy atom. The zero-order valence-electron chi connectivity index (χ0n) is 13.0. The van der Waals surface area contributed by atoms with Crippen LogP contribution in [0.4, 0.5) is 0 Å². The van der Waals surface area contributed by atoms with Crippen LogP contribution in [0.1, 0.15) is 17.5 Å². The Hall–Kier alpha value is -2.49. The Kier molecular flexibility index (Phi) is 4.74. The van der Waals surface area contributed by atoms with Gasteiger partial charge in [0.25, 0.3) is 0 Å². The van der Waals surface area contributed by atoms with Gasteiger partial charge in [-0.2, -0.15) is 9.83 Å². The molecule has 0 fully saturated rings. The maximum absolute atomic E-state index is 9.65. The third-order valence-electron chi connectivity index (χ3n) is 4.03. The van der Waals surface area contributed by atoms with Gasteiger partial charge in [-0.15, -0.1) is 0 Å². The van der Waals surface area contributed by atoms with Gasteiger partial charge in [0, 0.05) is 17.7 Å². The SMILES string of the molecule is COc1ccc([C@H]2C(C#N)=C([S-])NC(=S)[C@@H]2[n+]2ccccc2)cc1. The number of pyridine rings is 1. The summed E-state index contributed by atoms with van der Waals surface area (Å²) < 4.78 is 7.23. The molecule has 1 aromatic heterocycles. The fraction of sp³-hybridized carbons (Fsp3) is 0.167. The van der Waals surface area contributed by atoms with Gasteiger partial charge in [-0.25, -0.2) is 0 Å². The summed E-state index contributed by atoms with van der Waals surface area (Å²) in [4.78, 5) is 0.607. The topological polar surface area (TPSA) is 48.9 Å². The maximum Gasteiger partial charge on any atom is 0.219 e. The molecule has 0 radical (unpaired) electrons. The molecule has 1 aliphatic rings. The number of allylic oxidation sites excluding steroid dienone is 1. The zero-order valence-corrected chi connectivity index (χ0v) is 14.6. The van der Waals surface area contributed by atoms with E-state index in [0.29, 0.717) is 15.6 Å². The number of rotatable bonds is 3. The van der Waals surface area contributed by atoms with E-state index in [1.54, 1.807) is 7.11 Å². The van der Waals surface area contributed by atoms with Gasteiger partial charge in [-0.3, -0.25) is 0 Å². The molecular weight excluding hydrogens is 338 g/mol. The number of nitrogens with zero attached hydrogens (tertiary/aromatic N) is 2. The smallest absolute Gasteiger partial charge is 0.219 e. The highest BCUT2D eigenvalue weighted by molar-refractivity contribution is 7.80. The van der Waals surface area contributed by atoms with Crippen molar-refractivity contribution >= 4 is 29.8 Å². The molecular formula is C18H15N3OS2. The highest BCUT2D eigenvalue weighted by Gasteiger charge is 2.40. The summed E-state index contributed by atoms with van der Waals surface area (Å²) in [7, 11) is 1.62. The van der Waals surface area contributed by atoms with E-state index in [9.17, 15) is 5.26 Å². The summed E-state index contributed by atoms with van der Waals surface area (Å²) in [6, 6.07) is 15.5. The summed E-state index contributed by atoms with van der Waals surface area (Å²) in [5, 5.41) is 13.1. The predicted octanol–water partition coefficient (Wildman–Crippen LogP) is 2.52. The first-order valence-corrected chi connectivity index (χ1v) is 8.19. The van der Waals surface area contributed by atoms with E-state index in [1.165, 1.54) is 0 Å². The first-order chi connectivity index (χ1) is 11.7. The van der Waals surface area contributed by atoms with Gasteiger partial charge < -0.3 is 22.7 Å². The van der Waals surface area contributed by atoms with Crippen LogP contribution in [-0.4, -0.2) is 12.1 Å². The second kappa shape index (κ2) is 6.95. The normalized spacial score (nSPS) is 20.2. The summed E-state index contributed by atoms with van der Waals surface area (Å²) >= 11 is 10.9. The highest BCUT2D eigenvalue weighted by Crippen LogP contribution is 2.37. The van der Waals surface area contributed by atoms with Crippen LogP contribution in [-0.2, 0) is 12.6 Å². The number of thiocarbonyl (C=S) groups is 1. The fourth-order valence-electron chi connectivity index (χ4n) is 2.89. The van der Waals surface area contributed by atoms with Crippen molar-refractivity contribution in [3.63, 3.8) is 0 Å². The molecule has 3 rings (SSSR count). The summed E-state index contributed by atoms with van der Waals surface area (Å²) in [5.74, 6) is 0.523. The van der Waals surface area contributed by atoms with Crippen molar-refractivity contribution in [2.24, 2.45) is 0 Å². The molecule has 0 bridgehead atoms. The van der Waals surface area contributed by atoms with Gasteiger partial charge in [-0.1, -0.05) is 35.4 Å². The van der Waals surface area contributed by atoms with E-state index >= 15 is 0 Å². The lowest BCUT2D eigenvalue weighted by Gasteiger charge is -2.34. The number of hydrogen-bond donors (Lipinski definition) is 1. The van der Waals surface area contributed by atoms with Gasteiger partial charge in [0.2, 0.25) is 6.04 Å². The molecule has 0 amide bonds. The molecule has 0 unspecified atom stereocenters. The number of methoxy groups -OCH3 is 1. The zero-order chi connectivity index (χ0) is 17.1. The standard InChI is InChI=1S/C18H15N3OS2/c1-22-13-7-5-12(6-8-13)15-14(11-19)17(23)20-18(24)16(15)21-9-3-2-4-10-21/h2-10,15-16H,1H3,(H-,20,23,24)/t15-,16+/m0/s1. The Bertz CT molecular complexity index is 826. The Morgan fingerprint density at radius 3 is 2.46 bits per heavy atom. The van der Waals surface area contributed by atoms with Crippen molar-refractivity contribution in [1.82, 2.24) is 5.32 Å². The summed E-state index contributed by atoms with van der Waals surface area (Å²) in [5.41, 5.74) is 1.49. The lowest BCUT2D eigenvalue weighted by Crippen LogP contribution is -2.52. The predicted molar refractivity (Wildman–Crippen MR) is 97.1 cm³/mol. The van der Waals surface area contributed by atoms with Gasteiger partial charge >= 0.3 is 0 Å². The van der Waals surface area contributed by atoms with Crippen LogP contribution in [0.5, 0.6) is 5.75 Å². The summed E-state index contributed by atoms with van der Waals surface area (Å²) in [6.45, 7) is 0. The van der Waals surface area contributed by atoms with Crippen LogP contribution in [0.25, 0.3) is 0 Å². The molecule has 120 valence electrons. The van der Waals surface area contributed by atoms with E-state index in [-0.39, 0.29) is 12.0 Å². The van der Waals surface area contributed by atoms with Crippen LogP contribution < -0.4 is 14.6 Å². The molecule has 2 heterocycles. The average molecular weight is 353 g/mol. The molecule has 1 N–H and O–H groups in total.